The minimum atomic E-state index is -2.21. The summed E-state index contributed by atoms with van der Waals surface area (Å²) in [6.45, 7) is -1.64. The van der Waals surface area contributed by atoms with Gasteiger partial charge in [0.15, 0.2) is 125 Å². The van der Waals surface area contributed by atoms with Crippen LogP contribution in [0.4, 0.5) is 17.6 Å². The van der Waals surface area contributed by atoms with E-state index in [-0.39, 0.29) is 102 Å². The Labute approximate surface area is 858 Å². The Hall–Kier alpha value is -13.4. The molecule has 0 spiro atoms. The van der Waals surface area contributed by atoms with Gasteiger partial charge in [-0.3, -0.25) is 0 Å². The lowest BCUT2D eigenvalue weighted by atomic mass is 9.74. The number of halogens is 8. The molecule has 9 rings (SSSR count). The number of rotatable bonds is 52. The predicted octanol–water partition coefficient (Wildman–Crippen LogP) is 15.6. The van der Waals surface area contributed by atoms with Gasteiger partial charge in [0.1, 0.15) is 23.3 Å². The third-order valence-electron chi connectivity index (χ3n) is 20.3. The first kappa shape index (κ1) is 114. The van der Waals surface area contributed by atoms with Gasteiger partial charge in [0.05, 0.1) is 79.3 Å². The zero-order valence-electron chi connectivity index (χ0n) is 80.2. The number of carbonyl (C=O) groups is 12. The smallest absolute Gasteiger partial charge is 0.344 e. The molecule has 44 heteroatoms. The molecule has 0 atom stereocenters. The molecule has 36 nitrogen and oxygen atoms in total. The van der Waals surface area contributed by atoms with Gasteiger partial charge < -0.3 is 114 Å². The zero-order chi connectivity index (χ0) is 105. The molecule has 0 N–H and O–H groups in total. The van der Waals surface area contributed by atoms with Gasteiger partial charge in [0.2, 0.25) is 23.0 Å². The second kappa shape index (κ2) is 56.6. The standard InChI is InChI=1S/C100H104Br4F4O36/c1-13-121-61(109)41-133-89-77-73(53-25-33-57(105)34-26-53)78-86(102)81(93(137-45-65(113)125-17-5)98(142-50-70(118)130-22-10)91(78)135-43-63(111)123-15-3)75(55-29-37-59(107)38-30-55)82-88(104)84(96(140-48-68(116)128-20-8)100(144-52-72(120)132-24-12)94(82)138-46-66(114)126-18-6)76(56-31-39-60(108)40-32-56)83-87(103)80(92(136-44-64(112)124-16-4)99(143-51-71(119)131-23-11)95(83)139-47-67(115)127-19-7)74(54-27-35-58(106)36-28-54)79(85(77)101)90(134-42-62(110)122-14-2)97(89)141-49-69(117)129-21-9/h25-40,73-76H,13-24,41-52H2,1-12H3. The lowest BCUT2D eigenvalue weighted by molar-refractivity contribution is -0.147. The number of esters is 12. The average molecular weight is 2280 g/mol. The fourth-order valence-electron chi connectivity index (χ4n) is 15.0. The van der Waals surface area contributed by atoms with E-state index in [1.807, 2.05) is 0 Å². The molecule has 1 aliphatic rings. The molecule has 0 saturated heterocycles. The third kappa shape index (κ3) is 29.5. The highest BCUT2D eigenvalue weighted by Gasteiger charge is 2.49. The Morgan fingerprint density at radius 3 is 0.375 bits per heavy atom. The summed E-state index contributed by atoms with van der Waals surface area (Å²) in [4.78, 5) is 177. The van der Waals surface area contributed by atoms with Crippen LogP contribution < -0.4 is 56.8 Å². The van der Waals surface area contributed by atoms with Gasteiger partial charge in [0.25, 0.3) is 0 Å². The summed E-state index contributed by atoms with van der Waals surface area (Å²) in [6, 6.07) is 17.0. The van der Waals surface area contributed by atoms with Crippen molar-refractivity contribution in [2.24, 2.45) is 0 Å². The number of hydrogen-bond donors (Lipinski definition) is 0. The van der Waals surface area contributed by atoms with Gasteiger partial charge in [-0.25, -0.2) is 75.1 Å². The Kier molecular flexibility index (Phi) is 44.9. The fraction of sp³-hybridized carbons (Fsp3) is 0.400. The van der Waals surface area contributed by atoms with Crippen LogP contribution in [0.3, 0.4) is 0 Å². The highest BCUT2D eigenvalue weighted by Crippen LogP contribution is 2.68. The van der Waals surface area contributed by atoms with E-state index >= 15 is 17.6 Å². The van der Waals surface area contributed by atoms with E-state index in [0.717, 1.165) is 48.5 Å². The summed E-state index contributed by atoms with van der Waals surface area (Å²) >= 11 is 16.2. The van der Waals surface area contributed by atoms with Gasteiger partial charge in [-0.2, -0.15) is 0 Å². The van der Waals surface area contributed by atoms with Crippen LogP contribution in [0.2, 0.25) is 0 Å². The molecular formula is C100H104Br4F4O36. The molecular weight excluding hydrogens is 2170 g/mol. The van der Waals surface area contributed by atoms with Crippen LogP contribution in [-0.2, 0) is 114 Å². The lowest BCUT2D eigenvalue weighted by Gasteiger charge is -2.37. The van der Waals surface area contributed by atoms with Crippen molar-refractivity contribution < 1.29 is 189 Å². The van der Waals surface area contributed by atoms with Crippen LogP contribution in [0.5, 0.6) is 69.0 Å². The maximum Gasteiger partial charge on any atom is 0.344 e. The van der Waals surface area contributed by atoms with Crippen molar-refractivity contribution in [3.63, 3.8) is 0 Å². The largest absolute Gasteiger partial charge is 0.477 e. The monoisotopic (exact) mass is 2270 g/mol. The Morgan fingerprint density at radius 1 is 0.181 bits per heavy atom. The van der Waals surface area contributed by atoms with Crippen molar-refractivity contribution in [3.05, 3.63) is 205 Å². The molecule has 0 radical (unpaired) electrons. The minimum absolute atomic E-state index is 0.232. The fourth-order valence-corrected chi connectivity index (χ4v) is 18.3. The average Bonchev–Trinajstić information content (AvgIpc) is 0.701. The second-order valence-corrected chi connectivity index (χ2v) is 32.7. The van der Waals surface area contributed by atoms with Crippen molar-refractivity contribution in [1.29, 1.82) is 0 Å². The van der Waals surface area contributed by atoms with E-state index < -0.39 is 329 Å². The maximum absolute atomic E-state index is 16.9. The van der Waals surface area contributed by atoms with E-state index in [1.165, 1.54) is 132 Å². The SMILES string of the molecule is CCOC(=O)COc1c(OCC(=O)OCC)c2c(Br)c(c1OCC(=O)OCC)C(c1ccc(F)cc1)c1c(Br)c(c(OCC(=O)OCC)c(OCC(=O)OCC)c1OCC(=O)OCC)C(c1ccc(F)cc1)c1c(Br)c(c(OCC(=O)OCC)c(OCC(=O)OCC)c1OCC(=O)OCC)C(c1ccc(F)cc1)c1c(Br)c(c(OCC(=O)OCC)c(OCC(=O)OCC)c1OCC(=O)OCC)C2c1ccc(F)cc1. The van der Waals surface area contributed by atoms with E-state index in [9.17, 15) is 57.5 Å². The summed E-state index contributed by atoms with van der Waals surface area (Å²) in [6.07, 6.45) is 0. The molecule has 776 valence electrons. The molecule has 8 bridgehead atoms. The molecule has 8 aromatic rings. The van der Waals surface area contributed by atoms with Crippen LogP contribution in [0.1, 0.15) is 174 Å². The Morgan fingerprint density at radius 2 is 0.278 bits per heavy atom. The minimum Gasteiger partial charge on any atom is -0.477 e. The first-order chi connectivity index (χ1) is 69.3. The number of carbonyl (C=O) groups excluding carboxylic acids is 12. The highest BCUT2D eigenvalue weighted by molar-refractivity contribution is 9.11. The Balaban J connectivity index is 1.96. The van der Waals surface area contributed by atoms with Crippen LogP contribution in [0.25, 0.3) is 0 Å². The zero-order valence-corrected chi connectivity index (χ0v) is 86.6. The molecule has 0 aliphatic heterocycles. The lowest BCUT2D eigenvalue weighted by Crippen LogP contribution is -2.26. The second-order valence-electron chi connectivity index (χ2n) is 29.6. The maximum atomic E-state index is 16.9. The van der Waals surface area contributed by atoms with E-state index in [0.29, 0.717) is 0 Å². The summed E-state index contributed by atoms with van der Waals surface area (Å²) in [5, 5.41) is 0. The number of ether oxygens (including phenoxy) is 24. The van der Waals surface area contributed by atoms with Crippen molar-refractivity contribution in [2.75, 3.05) is 159 Å². The van der Waals surface area contributed by atoms with Crippen LogP contribution >= 0.6 is 63.7 Å². The molecule has 8 aromatic carbocycles. The van der Waals surface area contributed by atoms with Crippen molar-refractivity contribution in [2.45, 2.75) is 107 Å². The summed E-state index contributed by atoms with van der Waals surface area (Å²) < 4.78 is 216. The first-order valence-corrected chi connectivity index (χ1v) is 48.4. The van der Waals surface area contributed by atoms with Crippen LogP contribution in [0, 0.1) is 23.3 Å². The quantitative estimate of drug-likeness (QED) is 0.0194. The summed E-state index contributed by atoms with van der Waals surface area (Å²) in [7, 11) is 0. The van der Waals surface area contributed by atoms with Crippen molar-refractivity contribution in [3.8, 4) is 69.0 Å². The molecule has 144 heavy (non-hydrogen) atoms. The molecule has 0 aromatic heterocycles. The van der Waals surface area contributed by atoms with Gasteiger partial charge in [-0.05, 0) is 218 Å². The summed E-state index contributed by atoms with van der Waals surface area (Å²) in [5.41, 5.74) is -5.32. The molecule has 0 unspecified atom stereocenters. The van der Waals surface area contributed by atoms with Gasteiger partial charge in [-0.15, -0.1) is 0 Å². The number of fused-ring (bicyclic) bond motifs is 8. The molecule has 0 heterocycles. The summed E-state index contributed by atoms with van der Waals surface area (Å²) in [5.74, 6) is -36.8. The molecule has 0 fully saturated rings. The third-order valence-corrected chi connectivity index (χ3v) is 23.7. The molecule has 1 aliphatic carbocycles. The normalized spacial score (nSPS) is 13.3. The van der Waals surface area contributed by atoms with Crippen molar-refractivity contribution in [1.82, 2.24) is 0 Å². The van der Waals surface area contributed by atoms with E-state index in [1.54, 1.807) is 0 Å². The topological polar surface area (TPSA) is 426 Å². The Bertz CT molecular complexity index is 4970. The van der Waals surface area contributed by atoms with Gasteiger partial charge in [0, 0.05) is 86.1 Å². The number of benzene rings is 8. The predicted molar refractivity (Wildman–Crippen MR) is 511 cm³/mol. The molecule has 0 saturated carbocycles. The first-order valence-electron chi connectivity index (χ1n) is 45.3. The van der Waals surface area contributed by atoms with E-state index in [2.05, 4.69) is 63.7 Å². The van der Waals surface area contributed by atoms with E-state index in [4.69, 9.17) is 114 Å². The van der Waals surface area contributed by atoms with Gasteiger partial charge in [-0.1, -0.05) is 48.5 Å². The highest BCUT2D eigenvalue weighted by atomic mass is 79.9. The van der Waals surface area contributed by atoms with Crippen LogP contribution in [-0.4, -0.2) is 230 Å². The molecule has 0 amide bonds. The van der Waals surface area contributed by atoms with Gasteiger partial charge >= 0.3 is 71.6 Å². The number of hydrogen-bond acceptors (Lipinski definition) is 36. The van der Waals surface area contributed by atoms with Crippen LogP contribution in [0.15, 0.2) is 115 Å². The van der Waals surface area contributed by atoms with Crippen molar-refractivity contribution >= 4 is 135 Å².